The Labute approximate surface area is 136 Å². The van der Waals surface area contributed by atoms with Gasteiger partial charge in [0, 0.05) is 50.1 Å². The van der Waals surface area contributed by atoms with Crippen molar-refractivity contribution in [2.24, 2.45) is 5.73 Å². The van der Waals surface area contributed by atoms with Gasteiger partial charge in [-0.3, -0.25) is 0 Å². The van der Waals surface area contributed by atoms with Gasteiger partial charge in [-0.05, 0) is 43.5 Å². The van der Waals surface area contributed by atoms with Gasteiger partial charge in [-0.25, -0.2) is 0 Å². The molecule has 0 bridgehead atoms. The van der Waals surface area contributed by atoms with E-state index < -0.39 is 0 Å². The summed E-state index contributed by atoms with van der Waals surface area (Å²) in [7, 11) is 3.47. The van der Waals surface area contributed by atoms with E-state index in [0.717, 1.165) is 37.0 Å². The fourth-order valence-electron chi connectivity index (χ4n) is 2.33. The standard InChI is InChI=1S/C16H27BrN2O2/c1-13(18)11-14-12-15(17)5-6-16(14)19(8-10-21-3)7-4-9-20-2/h5-6,12-13H,4,7-11,18H2,1-3H3. The van der Waals surface area contributed by atoms with Gasteiger partial charge in [0.05, 0.1) is 6.61 Å². The number of benzene rings is 1. The molecular weight excluding hydrogens is 332 g/mol. The van der Waals surface area contributed by atoms with E-state index in [4.69, 9.17) is 15.2 Å². The van der Waals surface area contributed by atoms with Crippen molar-refractivity contribution in [3.05, 3.63) is 28.2 Å². The Bertz CT molecular complexity index is 413. The smallest absolute Gasteiger partial charge is 0.0637 e. The Morgan fingerprint density at radius 3 is 2.52 bits per heavy atom. The van der Waals surface area contributed by atoms with Crippen LogP contribution in [0.4, 0.5) is 5.69 Å². The Hall–Kier alpha value is -0.620. The lowest BCUT2D eigenvalue weighted by Gasteiger charge is -2.27. The highest BCUT2D eigenvalue weighted by Gasteiger charge is 2.13. The van der Waals surface area contributed by atoms with Crippen LogP contribution in [0.15, 0.2) is 22.7 Å². The molecule has 1 unspecified atom stereocenters. The molecule has 2 N–H and O–H groups in total. The number of halogens is 1. The number of methoxy groups -OCH3 is 2. The molecule has 0 amide bonds. The Morgan fingerprint density at radius 2 is 1.90 bits per heavy atom. The molecule has 1 rings (SSSR count). The number of nitrogens with two attached hydrogens (primary N) is 1. The molecule has 0 aliphatic carbocycles. The van der Waals surface area contributed by atoms with Crippen LogP contribution < -0.4 is 10.6 Å². The fraction of sp³-hybridized carbons (Fsp3) is 0.625. The minimum absolute atomic E-state index is 0.140. The average molecular weight is 359 g/mol. The van der Waals surface area contributed by atoms with Crippen molar-refractivity contribution >= 4 is 21.6 Å². The predicted octanol–water partition coefficient (Wildman–Crippen LogP) is 2.83. The summed E-state index contributed by atoms with van der Waals surface area (Å²) in [5, 5.41) is 0. The van der Waals surface area contributed by atoms with Crippen LogP contribution in [0.2, 0.25) is 0 Å². The first-order valence-corrected chi connectivity index (χ1v) is 8.14. The van der Waals surface area contributed by atoms with E-state index >= 15 is 0 Å². The molecule has 0 aromatic heterocycles. The van der Waals surface area contributed by atoms with Gasteiger partial charge >= 0.3 is 0 Å². The van der Waals surface area contributed by atoms with Gasteiger partial charge in [-0.15, -0.1) is 0 Å². The van der Waals surface area contributed by atoms with Crippen LogP contribution in [0.1, 0.15) is 18.9 Å². The maximum atomic E-state index is 5.99. The van der Waals surface area contributed by atoms with E-state index in [9.17, 15) is 0 Å². The third kappa shape index (κ3) is 6.78. The Kier molecular flexibility index (Phi) is 8.92. The number of nitrogens with zero attached hydrogens (tertiary/aromatic N) is 1. The Morgan fingerprint density at radius 1 is 1.19 bits per heavy atom. The zero-order valence-corrected chi connectivity index (χ0v) is 14.9. The van der Waals surface area contributed by atoms with Gasteiger partial charge in [0.2, 0.25) is 0 Å². The normalized spacial score (nSPS) is 12.4. The summed E-state index contributed by atoms with van der Waals surface area (Å²) in [6.45, 7) is 5.33. The molecule has 1 aromatic carbocycles. The molecule has 120 valence electrons. The van der Waals surface area contributed by atoms with Crippen LogP contribution in [0.5, 0.6) is 0 Å². The summed E-state index contributed by atoms with van der Waals surface area (Å²) in [6, 6.07) is 6.54. The summed E-state index contributed by atoms with van der Waals surface area (Å²) in [6.07, 6.45) is 1.86. The van der Waals surface area contributed by atoms with E-state index in [-0.39, 0.29) is 6.04 Å². The zero-order valence-electron chi connectivity index (χ0n) is 13.3. The monoisotopic (exact) mass is 358 g/mol. The first-order valence-electron chi connectivity index (χ1n) is 7.35. The second-order valence-corrected chi connectivity index (χ2v) is 6.20. The molecule has 0 heterocycles. The molecular formula is C16H27BrN2O2. The predicted molar refractivity (Wildman–Crippen MR) is 92.1 cm³/mol. The van der Waals surface area contributed by atoms with Gasteiger partial charge in [-0.2, -0.15) is 0 Å². The molecule has 5 heteroatoms. The summed E-state index contributed by atoms with van der Waals surface area (Å²) >= 11 is 3.55. The third-order valence-electron chi connectivity index (χ3n) is 3.27. The molecule has 21 heavy (non-hydrogen) atoms. The van der Waals surface area contributed by atoms with Gasteiger partial charge in [-0.1, -0.05) is 15.9 Å². The van der Waals surface area contributed by atoms with Crippen LogP contribution in [0.25, 0.3) is 0 Å². The molecule has 0 radical (unpaired) electrons. The van der Waals surface area contributed by atoms with Crippen molar-refractivity contribution in [1.29, 1.82) is 0 Å². The van der Waals surface area contributed by atoms with Crippen LogP contribution in [-0.2, 0) is 15.9 Å². The number of hydrogen-bond donors (Lipinski definition) is 1. The van der Waals surface area contributed by atoms with Crippen molar-refractivity contribution < 1.29 is 9.47 Å². The average Bonchev–Trinajstić information content (AvgIpc) is 2.43. The minimum atomic E-state index is 0.140. The van der Waals surface area contributed by atoms with Gasteiger partial charge in [0.15, 0.2) is 0 Å². The van der Waals surface area contributed by atoms with Gasteiger partial charge in [0.1, 0.15) is 0 Å². The fourth-order valence-corrected chi connectivity index (χ4v) is 2.74. The topological polar surface area (TPSA) is 47.7 Å². The summed E-state index contributed by atoms with van der Waals surface area (Å²) in [5.41, 5.74) is 8.50. The highest BCUT2D eigenvalue weighted by atomic mass is 79.9. The lowest BCUT2D eigenvalue weighted by molar-refractivity contribution is 0.191. The summed E-state index contributed by atoms with van der Waals surface area (Å²) in [4.78, 5) is 2.35. The van der Waals surface area contributed by atoms with E-state index in [1.165, 1.54) is 11.3 Å². The van der Waals surface area contributed by atoms with Crippen molar-refractivity contribution in [1.82, 2.24) is 0 Å². The maximum Gasteiger partial charge on any atom is 0.0637 e. The quantitative estimate of drug-likeness (QED) is 0.653. The molecule has 0 saturated heterocycles. The second kappa shape index (κ2) is 10.2. The van der Waals surface area contributed by atoms with Crippen molar-refractivity contribution in [3.8, 4) is 0 Å². The lowest BCUT2D eigenvalue weighted by atomic mass is 10.0. The summed E-state index contributed by atoms with van der Waals surface area (Å²) < 4.78 is 11.5. The van der Waals surface area contributed by atoms with Crippen LogP contribution in [0, 0.1) is 0 Å². The van der Waals surface area contributed by atoms with E-state index in [1.54, 1.807) is 14.2 Å². The molecule has 4 nitrogen and oxygen atoms in total. The minimum Gasteiger partial charge on any atom is -0.385 e. The van der Waals surface area contributed by atoms with E-state index in [1.807, 2.05) is 6.92 Å². The van der Waals surface area contributed by atoms with Crippen molar-refractivity contribution in [2.45, 2.75) is 25.8 Å². The molecule has 0 fully saturated rings. The Balaban J connectivity index is 2.92. The largest absolute Gasteiger partial charge is 0.385 e. The van der Waals surface area contributed by atoms with Crippen molar-refractivity contribution in [2.75, 3.05) is 45.4 Å². The molecule has 1 aromatic rings. The van der Waals surface area contributed by atoms with Crippen molar-refractivity contribution in [3.63, 3.8) is 0 Å². The van der Waals surface area contributed by atoms with Gasteiger partial charge < -0.3 is 20.1 Å². The molecule has 1 atom stereocenters. The number of ether oxygens (including phenoxy) is 2. The van der Waals surface area contributed by atoms with E-state index in [0.29, 0.717) is 6.61 Å². The lowest BCUT2D eigenvalue weighted by Crippen LogP contribution is -2.30. The SMILES string of the molecule is COCCCN(CCOC)c1ccc(Br)cc1CC(C)N. The summed E-state index contributed by atoms with van der Waals surface area (Å²) in [5.74, 6) is 0. The number of rotatable bonds is 10. The highest BCUT2D eigenvalue weighted by molar-refractivity contribution is 9.10. The first kappa shape index (κ1) is 18.4. The molecule has 0 spiro atoms. The highest BCUT2D eigenvalue weighted by Crippen LogP contribution is 2.26. The van der Waals surface area contributed by atoms with E-state index in [2.05, 4.69) is 39.0 Å². The first-order chi connectivity index (χ1) is 10.1. The number of hydrogen-bond acceptors (Lipinski definition) is 4. The third-order valence-corrected chi connectivity index (χ3v) is 3.76. The van der Waals surface area contributed by atoms with Gasteiger partial charge in [0.25, 0.3) is 0 Å². The molecule has 0 saturated carbocycles. The van der Waals surface area contributed by atoms with Crippen LogP contribution in [0.3, 0.4) is 0 Å². The molecule has 0 aliphatic rings. The zero-order chi connectivity index (χ0) is 15.7. The maximum absolute atomic E-state index is 5.99. The van der Waals surface area contributed by atoms with Crippen LogP contribution in [-0.4, -0.2) is 46.6 Å². The van der Waals surface area contributed by atoms with Crippen LogP contribution >= 0.6 is 15.9 Å². The number of anilines is 1. The second-order valence-electron chi connectivity index (χ2n) is 5.28. The molecule has 0 aliphatic heterocycles.